The van der Waals surface area contributed by atoms with Gasteiger partial charge in [-0.25, -0.2) is 9.78 Å². The van der Waals surface area contributed by atoms with E-state index in [-0.39, 0.29) is 5.56 Å². The number of ether oxygens (including phenoxy) is 3. The number of halogens is 1. The largest absolute Gasteiger partial charge is 0.493 e. The van der Waals surface area contributed by atoms with Crippen molar-refractivity contribution in [3.63, 3.8) is 0 Å². The summed E-state index contributed by atoms with van der Waals surface area (Å²) >= 11 is 3.40. The van der Waals surface area contributed by atoms with Crippen molar-refractivity contribution in [2.45, 2.75) is 32.8 Å². The first-order valence-electron chi connectivity index (χ1n) is 10.1. The molecule has 0 saturated heterocycles. The predicted octanol–water partition coefficient (Wildman–Crippen LogP) is 3.94. The molecule has 0 aliphatic rings. The van der Waals surface area contributed by atoms with E-state index in [0.29, 0.717) is 40.2 Å². The van der Waals surface area contributed by atoms with Crippen LogP contribution in [0.4, 0.5) is 0 Å². The molecule has 3 aromatic rings. The van der Waals surface area contributed by atoms with Crippen molar-refractivity contribution in [2.75, 3.05) is 14.2 Å². The number of esters is 1. The fraction of sp³-hybridized carbons (Fsp3) is 0.304. The van der Waals surface area contributed by atoms with E-state index < -0.39 is 12.1 Å². The van der Waals surface area contributed by atoms with Crippen LogP contribution in [0.15, 0.2) is 50.8 Å². The highest BCUT2D eigenvalue weighted by atomic mass is 79.9. The van der Waals surface area contributed by atoms with Crippen molar-refractivity contribution < 1.29 is 19.0 Å². The molecule has 0 fully saturated rings. The van der Waals surface area contributed by atoms with Gasteiger partial charge in [0.05, 0.1) is 31.3 Å². The van der Waals surface area contributed by atoms with Gasteiger partial charge in [-0.3, -0.25) is 4.79 Å². The van der Waals surface area contributed by atoms with Crippen LogP contribution in [-0.2, 0) is 16.0 Å². The van der Waals surface area contributed by atoms with Crippen molar-refractivity contribution in [1.82, 2.24) is 9.66 Å². The second-order valence-corrected chi connectivity index (χ2v) is 7.91. The normalized spacial score (nSPS) is 12.2. The number of carbonyl (C=O) groups excluding carboxylic acids is 1. The minimum absolute atomic E-state index is 0.241. The minimum Gasteiger partial charge on any atom is -0.493 e. The van der Waals surface area contributed by atoms with Gasteiger partial charge in [-0.05, 0) is 55.3 Å². The lowest BCUT2D eigenvalue weighted by atomic mass is 10.2. The third-order valence-electron chi connectivity index (χ3n) is 4.70. The Morgan fingerprint density at radius 3 is 2.69 bits per heavy atom. The number of hydrogen-bond donors (Lipinski definition) is 0. The Morgan fingerprint density at radius 1 is 1.22 bits per heavy atom. The molecule has 0 aliphatic carbocycles. The van der Waals surface area contributed by atoms with E-state index in [9.17, 15) is 9.59 Å². The number of fused-ring (bicyclic) bond motifs is 1. The van der Waals surface area contributed by atoms with Crippen LogP contribution in [0.1, 0.15) is 31.7 Å². The molecule has 32 heavy (non-hydrogen) atoms. The highest BCUT2D eigenvalue weighted by Gasteiger charge is 2.17. The van der Waals surface area contributed by atoms with Crippen LogP contribution >= 0.6 is 15.9 Å². The fourth-order valence-electron chi connectivity index (χ4n) is 3.09. The van der Waals surface area contributed by atoms with Crippen LogP contribution in [0, 0.1) is 0 Å². The summed E-state index contributed by atoms with van der Waals surface area (Å²) in [4.78, 5) is 29.3. The van der Waals surface area contributed by atoms with Crippen LogP contribution in [0.25, 0.3) is 10.9 Å². The maximum atomic E-state index is 13.1. The molecule has 168 valence electrons. The summed E-state index contributed by atoms with van der Waals surface area (Å²) in [7, 11) is 2.80. The van der Waals surface area contributed by atoms with Gasteiger partial charge in [-0.2, -0.15) is 9.78 Å². The minimum atomic E-state index is -0.786. The molecule has 0 bridgehead atoms. The molecule has 9 heteroatoms. The van der Waals surface area contributed by atoms with Gasteiger partial charge in [0.2, 0.25) is 0 Å². The first-order valence-corrected chi connectivity index (χ1v) is 10.8. The zero-order chi connectivity index (χ0) is 23.3. The van der Waals surface area contributed by atoms with Crippen molar-refractivity contribution in [2.24, 2.45) is 5.10 Å². The van der Waals surface area contributed by atoms with Gasteiger partial charge in [0.15, 0.2) is 17.6 Å². The first-order chi connectivity index (χ1) is 15.4. The number of nitrogens with zero attached hydrogens (tertiary/aromatic N) is 3. The molecule has 0 saturated carbocycles. The maximum Gasteiger partial charge on any atom is 0.346 e. The molecule has 8 nitrogen and oxygen atoms in total. The zero-order valence-electron chi connectivity index (χ0n) is 18.3. The lowest BCUT2D eigenvalue weighted by Crippen LogP contribution is -2.25. The lowest BCUT2D eigenvalue weighted by Gasteiger charge is -2.15. The van der Waals surface area contributed by atoms with E-state index in [4.69, 9.17) is 9.47 Å². The molecule has 2 aromatic carbocycles. The summed E-state index contributed by atoms with van der Waals surface area (Å²) in [5, 5.41) is 4.89. The van der Waals surface area contributed by atoms with Crippen LogP contribution in [-0.4, -0.2) is 42.2 Å². The lowest BCUT2D eigenvalue weighted by molar-refractivity contribution is -0.147. The summed E-state index contributed by atoms with van der Waals surface area (Å²) in [6.07, 6.45) is 2.20. The Morgan fingerprint density at radius 2 is 2.00 bits per heavy atom. The van der Waals surface area contributed by atoms with Crippen LogP contribution in [0.5, 0.6) is 11.5 Å². The van der Waals surface area contributed by atoms with E-state index in [1.54, 1.807) is 37.4 Å². The number of benzene rings is 2. The number of hydrogen-bond acceptors (Lipinski definition) is 7. The average Bonchev–Trinajstić information content (AvgIpc) is 2.79. The molecule has 0 amide bonds. The summed E-state index contributed by atoms with van der Waals surface area (Å²) in [5.74, 6) is 0.911. The molecule has 0 N–H and O–H groups in total. The van der Waals surface area contributed by atoms with E-state index in [1.165, 1.54) is 18.9 Å². The molecule has 0 unspecified atom stereocenters. The Hall–Kier alpha value is -3.20. The fourth-order valence-corrected chi connectivity index (χ4v) is 3.45. The van der Waals surface area contributed by atoms with Gasteiger partial charge in [0.1, 0.15) is 5.82 Å². The summed E-state index contributed by atoms with van der Waals surface area (Å²) in [6, 6.07) is 10.5. The van der Waals surface area contributed by atoms with E-state index in [1.807, 2.05) is 19.1 Å². The molecule has 3 rings (SSSR count). The van der Waals surface area contributed by atoms with E-state index in [0.717, 1.165) is 10.9 Å². The van der Waals surface area contributed by atoms with E-state index >= 15 is 0 Å². The number of methoxy groups -OCH3 is 2. The third-order valence-corrected chi connectivity index (χ3v) is 5.19. The molecule has 1 heterocycles. The zero-order valence-corrected chi connectivity index (χ0v) is 19.9. The summed E-state index contributed by atoms with van der Waals surface area (Å²) in [5.41, 5.74) is 1.08. The van der Waals surface area contributed by atoms with Gasteiger partial charge in [-0.15, -0.1) is 0 Å². The quantitative estimate of drug-likeness (QED) is 0.342. The first kappa shape index (κ1) is 23.5. The van der Waals surface area contributed by atoms with Gasteiger partial charge in [-0.1, -0.05) is 22.9 Å². The highest BCUT2D eigenvalue weighted by molar-refractivity contribution is 9.10. The molecule has 1 atom stereocenters. The molecular formula is C23H24BrN3O5. The number of carbonyl (C=O) groups is 1. The van der Waals surface area contributed by atoms with Gasteiger partial charge in [0.25, 0.3) is 5.56 Å². The number of aromatic nitrogens is 2. The SMILES string of the molecule is CCCc1nc2ccc(Br)cc2c(=O)n1N=Cc1ccc(O[C@@H](C)C(=O)OC)c(OC)c1. The van der Waals surface area contributed by atoms with Crippen molar-refractivity contribution in [3.8, 4) is 11.5 Å². The average molecular weight is 502 g/mol. The molecule has 1 aromatic heterocycles. The highest BCUT2D eigenvalue weighted by Crippen LogP contribution is 2.28. The third kappa shape index (κ3) is 5.16. The Kier molecular flexibility index (Phi) is 7.63. The second kappa shape index (κ2) is 10.4. The molecule has 0 aliphatic heterocycles. The van der Waals surface area contributed by atoms with Crippen molar-refractivity contribution in [1.29, 1.82) is 0 Å². The van der Waals surface area contributed by atoms with Crippen LogP contribution in [0.2, 0.25) is 0 Å². The smallest absolute Gasteiger partial charge is 0.346 e. The van der Waals surface area contributed by atoms with E-state index in [2.05, 4.69) is 30.8 Å². The standard InChI is InChI=1S/C23H24BrN3O5/c1-5-6-21-26-18-9-8-16(24)12-17(18)22(28)27(21)25-13-15-7-10-19(20(11-15)30-3)32-14(2)23(29)31-4/h7-14H,5-6H2,1-4H3/t14-/m0/s1. The molecule has 0 radical (unpaired) electrons. The van der Waals surface area contributed by atoms with Crippen LogP contribution < -0.4 is 15.0 Å². The monoisotopic (exact) mass is 501 g/mol. The van der Waals surface area contributed by atoms with Crippen molar-refractivity contribution >= 4 is 39.0 Å². The summed E-state index contributed by atoms with van der Waals surface area (Å²) in [6.45, 7) is 3.61. The summed E-state index contributed by atoms with van der Waals surface area (Å²) < 4.78 is 17.8. The second-order valence-electron chi connectivity index (χ2n) is 6.99. The van der Waals surface area contributed by atoms with Crippen molar-refractivity contribution in [3.05, 3.63) is 62.6 Å². The maximum absolute atomic E-state index is 13.1. The predicted molar refractivity (Wildman–Crippen MR) is 126 cm³/mol. The van der Waals surface area contributed by atoms with Gasteiger partial charge >= 0.3 is 5.97 Å². The Balaban J connectivity index is 1.98. The molecule has 0 spiro atoms. The van der Waals surface area contributed by atoms with Crippen LogP contribution in [0.3, 0.4) is 0 Å². The van der Waals surface area contributed by atoms with Gasteiger partial charge < -0.3 is 14.2 Å². The Bertz CT molecular complexity index is 1220. The number of aryl methyl sites for hydroxylation is 1. The number of rotatable bonds is 8. The topological polar surface area (TPSA) is 92.0 Å². The van der Waals surface area contributed by atoms with Gasteiger partial charge in [0, 0.05) is 10.9 Å². The molecular weight excluding hydrogens is 478 g/mol. The Labute approximate surface area is 194 Å².